The Morgan fingerprint density at radius 3 is 2.33 bits per heavy atom. The van der Waals surface area contributed by atoms with Crippen molar-refractivity contribution in [3.05, 3.63) is 58.1 Å². The van der Waals surface area contributed by atoms with E-state index in [0.717, 1.165) is 17.7 Å². The summed E-state index contributed by atoms with van der Waals surface area (Å²) in [5.41, 5.74) is 0.888. The highest BCUT2D eigenvalue weighted by Gasteiger charge is 2.15. The van der Waals surface area contributed by atoms with Crippen molar-refractivity contribution in [1.29, 1.82) is 0 Å². The first-order valence-corrected chi connectivity index (χ1v) is 6.54. The average Bonchev–Trinajstić information content (AvgIpc) is 2.42. The Bertz CT molecular complexity index is 681. The second kappa shape index (κ2) is 6.10. The van der Waals surface area contributed by atoms with E-state index in [-0.39, 0.29) is 11.3 Å². The number of carbonyl (C=O) groups excluding carboxylic acids is 1. The number of carbonyl (C=O) groups is 1. The zero-order valence-corrected chi connectivity index (χ0v) is 12.2. The molecule has 3 nitrogen and oxygen atoms in total. The predicted octanol–water partition coefficient (Wildman–Crippen LogP) is 4.22. The van der Waals surface area contributed by atoms with Crippen molar-refractivity contribution in [1.82, 2.24) is 0 Å². The third-order valence-corrected chi connectivity index (χ3v) is 3.25. The molecular formula is C15H13ClF2N2O. The summed E-state index contributed by atoms with van der Waals surface area (Å²) in [6, 6.07) is 7.04. The number of hydrogen-bond acceptors (Lipinski definition) is 2. The highest BCUT2D eigenvalue weighted by molar-refractivity contribution is 6.34. The minimum atomic E-state index is -0.835. The Kier molecular flexibility index (Phi) is 4.43. The van der Waals surface area contributed by atoms with E-state index >= 15 is 0 Å². The van der Waals surface area contributed by atoms with Gasteiger partial charge in [0, 0.05) is 12.6 Å². The molecule has 6 heteroatoms. The van der Waals surface area contributed by atoms with Crippen molar-refractivity contribution in [3.8, 4) is 0 Å². The quantitative estimate of drug-likeness (QED) is 0.891. The molecule has 2 aromatic carbocycles. The van der Waals surface area contributed by atoms with Crippen molar-refractivity contribution in [3.63, 3.8) is 0 Å². The number of hydrogen-bond donors (Lipinski definition) is 2. The van der Waals surface area contributed by atoms with Crippen LogP contribution in [0.25, 0.3) is 0 Å². The van der Waals surface area contributed by atoms with Crippen molar-refractivity contribution < 1.29 is 13.6 Å². The second-order valence-corrected chi connectivity index (χ2v) is 4.91. The molecule has 0 heterocycles. The molecule has 0 aliphatic carbocycles. The Morgan fingerprint density at radius 1 is 1.14 bits per heavy atom. The largest absolute Gasteiger partial charge is 0.383 e. The molecule has 0 aliphatic heterocycles. The Labute approximate surface area is 125 Å². The predicted molar refractivity (Wildman–Crippen MR) is 80.0 cm³/mol. The van der Waals surface area contributed by atoms with E-state index in [2.05, 4.69) is 10.6 Å². The third kappa shape index (κ3) is 3.31. The Hall–Kier alpha value is -2.14. The normalized spacial score (nSPS) is 10.3. The van der Waals surface area contributed by atoms with Gasteiger partial charge in [0.2, 0.25) is 0 Å². The summed E-state index contributed by atoms with van der Waals surface area (Å²) in [6.07, 6.45) is 0. The van der Waals surface area contributed by atoms with Crippen LogP contribution >= 0.6 is 11.6 Å². The van der Waals surface area contributed by atoms with E-state index < -0.39 is 17.5 Å². The maximum absolute atomic E-state index is 13.6. The molecule has 110 valence electrons. The van der Waals surface area contributed by atoms with E-state index in [1.807, 2.05) is 6.92 Å². The summed E-state index contributed by atoms with van der Waals surface area (Å²) >= 11 is 5.97. The Balaban J connectivity index is 2.31. The monoisotopic (exact) mass is 310 g/mol. The van der Waals surface area contributed by atoms with Crippen LogP contribution in [0, 0.1) is 18.6 Å². The summed E-state index contributed by atoms with van der Waals surface area (Å²) < 4.78 is 27.3. The van der Waals surface area contributed by atoms with Gasteiger partial charge in [0.15, 0.2) is 0 Å². The molecule has 0 aromatic heterocycles. The van der Waals surface area contributed by atoms with Crippen LogP contribution in [-0.2, 0) is 0 Å². The Morgan fingerprint density at radius 2 is 1.76 bits per heavy atom. The van der Waals surface area contributed by atoms with Crippen LogP contribution in [0.4, 0.5) is 20.2 Å². The van der Waals surface area contributed by atoms with Crippen LogP contribution in [-0.4, -0.2) is 13.0 Å². The molecule has 1 amide bonds. The third-order valence-electron chi connectivity index (χ3n) is 2.92. The summed E-state index contributed by atoms with van der Waals surface area (Å²) in [5.74, 6) is -2.31. The summed E-state index contributed by atoms with van der Waals surface area (Å²) in [4.78, 5) is 12.1. The summed E-state index contributed by atoms with van der Waals surface area (Å²) in [5, 5.41) is 5.28. The first-order chi connectivity index (χ1) is 9.92. The second-order valence-electron chi connectivity index (χ2n) is 4.50. The molecule has 2 aromatic rings. The van der Waals surface area contributed by atoms with Crippen LogP contribution in [0.3, 0.4) is 0 Å². The highest BCUT2D eigenvalue weighted by Crippen LogP contribution is 2.25. The number of nitrogens with one attached hydrogen (secondary N) is 2. The summed E-state index contributed by atoms with van der Waals surface area (Å²) in [6.45, 7) is 1.84. The van der Waals surface area contributed by atoms with Crippen LogP contribution in [0.2, 0.25) is 5.02 Å². The minimum absolute atomic E-state index is 0.124. The molecule has 0 atom stereocenters. The lowest BCUT2D eigenvalue weighted by atomic mass is 10.1. The van der Waals surface area contributed by atoms with Gasteiger partial charge in [0.25, 0.3) is 5.91 Å². The lowest BCUT2D eigenvalue weighted by Gasteiger charge is -2.10. The van der Waals surface area contributed by atoms with Crippen LogP contribution in [0.5, 0.6) is 0 Å². The molecule has 2 N–H and O–H groups in total. The van der Waals surface area contributed by atoms with Crippen LogP contribution in [0.15, 0.2) is 30.3 Å². The zero-order chi connectivity index (χ0) is 15.6. The fourth-order valence-electron chi connectivity index (χ4n) is 1.87. The van der Waals surface area contributed by atoms with Gasteiger partial charge in [0.05, 0.1) is 10.7 Å². The van der Waals surface area contributed by atoms with Gasteiger partial charge in [-0.25, -0.2) is 8.78 Å². The lowest BCUT2D eigenvalue weighted by molar-refractivity contribution is 0.102. The smallest absolute Gasteiger partial charge is 0.255 e. The lowest BCUT2D eigenvalue weighted by Crippen LogP contribution is -2.13. The van der Waals surface area contributed by atoms with Gasteiger partial charge in [-0.15, -0.1) is 0 Å². The van der Waals surface area contributed by atoms with E-state index in [0.29, 0.717) is 10.7 Å². The molecule has 0 bridgehead atoms. The number of anilines is 2. The van der Waals surface area contributed by atoms with Crippen molar-refractivity contribution in [2.45, 2.75) is 6.92 Å². The molecule has 0 spiro atoms. The van der Waals surface area contributed by atoms with Crippen molar-refractivity contribution in [2.24, 2.45) is 0 Å². The molecule has 0 aliphatic rings. The first-order valence-electron chi connectivity index (χ1n) is 6.16. The number of amides is 1. The highest BCUT2D eigenvalue weighted by atomic mass is 35.5. The zero-order valence-electron chi connectivity index (χ0n) is 11.4. The maximum atomic E-state index is 13.6. The molecule has 0 fully saturated rings. The van der Waals surface area contributed by atoms with E-state index in [1.54, 1.807) is 18.2 Å². The minimum Gasteiger partial charge on any atom is -0.383 e. The number of aryl methyl sites for hydroxylation is 1. The van der Waals surface area contributed by atoms with Gasteiger partial charge in [0.1, 0.15) is 17.3 Å². The molecule has 2 rings (SSSR count). The molecule has 0 radical (unpaired) electrons. The van der Waals surface area contributed by atoms with Crippen LogP contribution in [0.1, 0.15) is 15.9 Å². The van der Waals surface area contributed by atoms with Gasteiger partial charge in [-0.05, 0) is 36.8 Å². The van der Waals surface area contributed by atoms with Gasteiger partial charge < -0.3 is 10.6 Å². The fourth-order valence-corrected chi connectivity index (χ4v) is 2.04. The van der Waals surface area contributed by atoms with Gasteiger partial charge >= 0.3 is 0 Å². The van der Waals surface area contributed by atoms with Crippen molar-refractivity contribution in [2.75, 3.05) is 17.7 Å². The molecular weight excluding hydrogens is 298 g/mol. The van der Waals surface area contributed by atoms with Gasteiger partial charge in [-0.3, -0.25) is 4.79 Å². The number of benzene rings is 2. The average molecular weight is 311 g/mol. The standard InChI is InChI=1S/C15H13ClF2N2O/c1-8-3-4-10(16)13(5-8)20-15(21)9-6-11(17)14(19-2)12(18)7-9/h3-7,19H,1-2H3,(H,20,21). The van der Waals surface area contributed by atoms with Gasteiger partial charge in [-0.1, -0.05) is 17.7 Å². The van der Waals surface area contributed by atoms with E-state index in [9.17, 15) is 13.6 Å². The topological polar surface area (TPSA) is 41.1 Å². The number of rotatable bonds is 3. The first kappa shape index (κ1) is 15.3. The molecule has 0 unspecified atom stereocenters. The van der Waals surface area contributed by atoms with Crippen molar-refractivity contribution >= 4 is 28.9 Å². The van der Waals surface area contributed by atoms with E-state index in [4.69, 9.17) is 11.6 Å². The van der Waals surface area contributed by atoms with Crippen LogP contribution < -0.4 is 10.6 Å². The maximum Gasteiger partial charge on any atom is 0.255 e. The molecule has 0 saturated carbocycles. The fraction of sp³-hybridized carbons (Fsp3) is 0.133. The summed E-state index contributed by atoms with van der Waals surface area (Å²) in [7, 11) is 1.40. The molecule has 21 heavy (non-hydrogen) atoms. The SMILES string of the molecule is CNc1c(F)cc(C(=O)Nc2cc(C)ccc2Cl)cc1F. The molecule has 0 saturated heterocycles. The van der Waals surface area contributed by atoms with Gasteiger partial charge in [-0.2, -0.15) is 0 Å². The van der Waals surface area contributed by atoms with E-state index in [1.165, 1.54) is 7.05 Å². The number of halogens is 3.